The number of hydrogen-bond acceptors (Lipinski definition) is 4. The van der Waals surface area contributed by atoms with Crippen LogP contribution in [0.15, 0.2) is 77.7 Å². The van der Waals surface area contributed by atoms with Gasteiger partial charge in [-0.15, -0.1) is 0 Å². The number of carbonyl (C=O) groups excluding carboxylic acids is 2. The summed E-state index contributed by atoms with van der Waals surface area (Å²) in [7, 11) is -3.55. The van der Waals surface area contributed by atoms with Crippen LogP contribution in [-0.2, 0) is 39.1 Å². The molecule has 38 heavy (non-hydrogen) atoms. The van der Waals surface area contributed by atoms with Crippen LogP contribution in [0.4, 0.5) is 0 Å². The summed E-state index contributed by atoms with van der Waals surface area (Å²) in [6.07, 6.45) is 0.542. The van der Waals surface area contributed by atoms with Crippen molar-refractivity contribution in [3.63, 3.8) is 0 Å². The topological polar surface area (TPSA) is 95.6 Å². The molecule has 0 heterocycles. The summed E-state index contributed by atoms with van der Waals surface area (Å²) in [6, 6.07) is 20.1. The molecule has 2 N–H and O–H groups in total. The Balaban J connectivity index is 1.71. The minimum absolute atomic E-state index is 0.148. The Labute approximate surface area is 234 Å². The zero-order valence-corrected chi connectivity index (χ0v) is 23.6. The molecule has 3 rings (SSSR count). The summed E-state index contributed by atoms with van der Waals surface area (Å²) in [6.45, 7) is 4.18. The fraction of sp³-hybridized carbons (Fsp3) is 0.286. The molecule has 202 valence electrons. The maximum atomic E-state index is 13.4. The van der Waals surface area contributed by atoms with Crippen molar-refractivity contribution in [1.29, 1.82) is 0 Å². The second-order valence-electron chi connectivity index (χ2n) is 8.78. The highest BCUT2D eigenvalue weighted by molar-refractivity contribution is 7.89. The fourth-order valence-electron chi connectivity index (χ4n) is 3.84. The van der Waals surface area contributed by atoms with Crippen LogP contribution in [0.1, 0.15) is 37.0 Å². The Kier molecular flexibility index (Phi) is 10.7. The van der Waals surface area contributed by atoms with Crippen LogP contribution in [0.2, 0.25) is 10.0 Å². The molecule has 0 aliphatic rings. The minimum atomic E-state index is -3.55. The molecule has 3 aromatic rings. The van der Waals surface area contributed by atoms with Crippen molar-refractivity contribution in [1.82, 2.24) is 14.9 Å². The lowest BCUT2D eigenvalue weighted by Gasteiger charge is -2.29. The van der Waals surface area contributed by atoms with E-state index in [1.165, 1.54) is 17.0 Å². The number of aryl methyl sites for hydroxylation is 1. The third-order valence-corrected chi connectivity index (χ3v) is 8.22. The first-order valence-electron chi connectivity index (χ1n) is 12.2. The monoisotopic (exact) mass is 575 g/mol. The normalized spacial score (nSPS) is 12.1. The largest absolute Gasteiger partial charge is 0.350 e. The van der Waals surface area contributed by atoms with E-state index in [1.54, 1.807) is 44.2 Å². The molecule has 10 heteroatoms. The van der Waals surface area contributed by atoms with Crippen LogP contribution in [0.3, 0.4) is 0 Å². The maximum absolute atomic E-state index is 13.4. The van der Waals surface area contributed by atoms with E-state index in [9.17, 15) is 18.0 Å². The third kappa shape index (κ3) is 8.30. The molecular weight excluding hydrogens is 545 g/mol. The first-order valence-corrected chi connectivity index (χ1v) is 14.5. The van der Waals surface area contributed by atoms with Crippen LogP contribution in [0.5, 0.6) is 0 Å². The number of halogens is 2. The van der Waals surface area contributed by atoms with E-state index < -0.39 is 16.1 Å². The molecule has 0 aliphatic carbocycles. The second-order valence-corrected chi connectivity index (χ2v) is 11.4. The van der Waals surface area contributed by atoms with Gasteiger partial charge >= 0.3 is 0 Å². The van der Waals surface area contributed by atoms with Crippen molar-refractivity contribution < 1.29 is 18.0 Å². The lowest BCUT2D eigenvalue weighted by atomic mass is 10.1. The van der Waals surface area contributed by atoms with Gasteiger partial charge in [-0.3, -0.25) is 9.59 Å². The van der Waals surface area contributed by atoms with E-state index >= 15 is 0 Å². The first kappa shape index (κ1) is 29.6. The number of carbonyl (C=O) groups is 2. The van der Waals surface area contributed by atoms with E-state index in [0.29, 0.717) is 23.0 Å². The number of sulfonamides is 1. The molecule has 1 atom stereocenters. The maximum Gasteiger partial charge on any atom is 0.242 e. The summed E-state index contributed by atoms with van der Waals surface area (Å²) in [5, 5.41) is 4.01. The quantitative estimate of drug-likeness (QED) is 0.319. The molecule has 0 aromatic heterocycles. The van der Waals surface area contributed by atoms with Gasteiger partial charge in [-0.05, 0) is 60.4 Å². The summed E-state index contributed by atoms with van der Waals surface area (Å²) in [4.78, 5) is 28.1. The molecule has 1 unspecified atom stereocenters. The molecule has 2 amide bonds. The van der Waals surface area contributed by atoms with E-state index in [-0.39, 0.29) is 36.2 Å². The molecule has 0 aliphatic heterocycles. The van der Waals surface area contributed by atoms with Gasteiger partial charge in [0.15, 0.2) is 0 Å². The Morgan fingerprint density at radius 2 is 1.55 bits per heavy atom. The first-order chi connectivity index (χ1) is 18.1. The summed E-state index contributed by atoms with van der Waals surface area (Å²) in [5.41, 5.74) is 2.44. The number of amides is 2. The number of rotatable bonds is 12. The Hall–Kier alpha value is -2.91. The molecule has 0 fully saturated rings. The summed E-state index contributed by atoms with van der Waals surface area (Å²) >= 11 is 12.2. The van der Waals surface area contributed by atoms with Gasteiger partial charge in [-0.1, -0.05) is 72.6 Å². The highest BCUT2D eigenvalue weighted by atomic mass is 35.5. The smallest absolute Gasteiger partial charge is 0.242 e. The Morgan fingerprint density at radius 3 is 2.18 bits per heavy atom. The second kappa shape index (κ2) is 13.8. The molecular formula is C28H31Cl2N3O4S. The zero-order chi connectivity index (χ0) is 27.7. The number of hydrogen-bond donors (Lipinski definition) is 2. The van der Waals surface area contributed by atoms with E-state index in [0.717, 1.165) is 16.7 Å². The van der Waals surface area contributed by atoms with Gasteiger partial charge in [-0.2, -0.15) is 0 Å². The lowest BCUT2D eigenvalue weighted by molar-refractivity contribution is -0.140. The average molecular weight is 577 g/mol. The number of nitrogens with one attached hydrogen (secondary N) is 2. The zero-order valence-electron chi connectivity index (χ0n) is 21.3. The number of nitrogens with zero attached hydrogens (tertiary/aromatic N) is 1. The highest BCUT2D eigenvalue weighted by Gasteiger charge is 2.26. The highest BCUT2D eigenvalue weighted by Crippen LogP contribution is 2.18. The summed E-state index contributed by atoms with van der Waals surface area (Å²) in [5.74, 6) is -0.505. The van der Waals surface area contributed by atoms with Gasteiger partial charge in [0.2, 0.25) is 21.8 Å². The van der Waals surface area contributed by atoms with Crippen molar-refractivity contribution in [3.05, 3.63) is 99.5 Å². The summed E-state index contributed by atoms with van der Waals surface area (Å²) < 4.78 is 26.8. The van der Waals surface area contributed by atoms with Crippen molar-refractivity contribution in [2.45, 2.75) is 50.7 Å². The lowest BCUT2D eigenvalue weighted by Crippen LogP contribution is -2.47. The molecule has 3 aromatic carbocycles. The van der Waals surface area contributed by atoms with Crippen LogP contribution in [-0.4, -0.2) is 37.7 Å². The van der Waals surface area contributed by atoms with E-state index in [1.807, 2.05) is 30.3 Å². The van der Waals surface area contributed by atoms with Crippen LogP contribution in [0.25, 0.3) is 0 Å². The average Bonchev–Trinajstić information content (AvgIpc) is 2.90. The fourth-order valence-corrected chi connectivity index (χ4v) is 5.21. The van der Waals surface area contributed by atoms with Crippen LogP contribution < -0.4 is 10.0 Å². The molecule has 0 bridgehead atoms. The third-order valence-electron chi connectivity index (χ3n) is 6.04. The standard InChI is InChI=1S/C28H31Cl2N3O4S/c1-3-32-38(36,37)25-15-10-21(11-16-25)12-17-27(34)33(19-22-8-13-24(29)14-9-22)20(2)28(35)31-18-23-6-4-5-7-26(23)30/h4-11,13-16,20,32H,3,12,17-19H2,1-2H3,(H,31,35). The van der Waals surface area contributed by atoms with Gasteiger partial charge in [0, 0.05) is 36.1 Å². The molecule has 0 saturated heterocycles. The van der Waals surface area contributed by atoms with Crippen molar-refractivity contribution >= 4 is 45.0 Å². The van der Waals surface area contributed by atoms with Gasteiger partial charge in [-0.25, -0.2) is 13.1 Å². The Morgan fingerprint density at radius 1 is 0.921 bits per heavy atom. The predicted molar refractivity (Wildman–Crippen MR) is 150 cm³/mol. The van der Waals surface area contributed by atoms with Crippen LogP contribution in [0, 0.1) is 0 Å². The number of benzene rings is 3. The van der Waals surface area contributed by atoms with Crippen molar-refractivity contribution in [2.75, 3.05) is 6.54 Å². The van der Waals surface area contributed by atoms with E-state index in [4.69, 9.17) is 23.2 Å². The molecule has 0 radical (unpaired) electrons. The van der Waals surface area contributed by atoms with Gasteiger partial charge in [0.1, 0.15) is 6.04 Å². The van der Waals surface area contributed by atoms with Crippen molar-refractivity contribution in [2.24, 2.45) is 0 Å². The van der Waals surface area contributed by atoms with E-state index in [2.05, 4.69) is 10.0 Å². The van der Waals surface area contributed by atoms with Gasteiger partial charge in [0.05, 0.1) is 4.90 Å². The minimum Gasteiger partial charge on any atom is -0.350 e. The van der Waals surface area contributed by atoms with Gasteiger partial charge < -0.3 is 10.2 Å². The molecule has 0 saturated carbocycles. The SMILES string of the molecule is CCNS(=O)(=O)c1ccc(CCC(=O)N(Cc2ccc(Cl)cc2)C(C)C(=O)NCc2ccccc2Cl)cc1. The van der Waals surface area contributed by atoms with Crippen LogP contribution >= 0.6 is 23.2 Å². The Bertz CT molecular complexity index is 1350. The molecule has 0 spiro atoms. The van der Waals surface area contributed by atoms with Crippen molar-refractivity contribution in [3.8, 4) is 0 Å². The molecule has 7 nitrogen and oxygen atoms in total. The predicted octanol–water partition coefficient (Wildman–Crippen LogP) is 4.96. The van der Waals surface area contributed by atoms with Gasteiger partial charge in [0.25, 0.3) is 0 Å².